The van der Waals surface area contributed by atoms with Crippen molar-refractivity contribution in [3.63, 3.8) is 0 Å². The molecule has 0 fully saturated rings. The van der Waals surface area contributed by atoms with E-state index < -0.39 is 5.97 Å². The Morgan fingerprint density at radius 2 is 1.87 bits per heavy atom. The van der Waals surface area contributed by atoms with Crippen LogP contribution in [-0.4, -0.2) is 13.1 Å². The molecule has 0 saturated carbocycles. The molecule has 2 rings (SSSR count). The van der Waals surface area contributed by atoms with Gasteiger partial charge in [-0.25, -0.2) is 4.79 Å². The van der Waals surface area contributed by atoms with Crippen molar-refractivity contribution >= 4 is 5.97 Å². The first-order chi connectivity index (χ1) is 7.22. The molecule has 0 saturated heterocycles. The summed E-state index contributed by atoms with van der Waals surface area (Å²) in [6, 6.07) is 0. The standard InChI is InChI=1S/C11H12O4/c1-7-10(11(12)13-2)15-9-6-4-3-5-8(9)14-7/h5-6H,3-4H2,1-2H3. The number of fused-ring (bicyclic) bond motifs is 1. The third-order valence-corrected chi connectivity index (χ3v) is 2.23. The highest BCUT2D eigenvalue weighted by Gasteiger charge is 2.27. The summed E-state index contributed by atoms with van der Waals surface area (Å²) in [5.41, 5.74) is 0. The number of methoxy groups -OCH3 is 1. The van der Waals surface area contributed by atoms with E-state index in [1.807, 2.05) is 12.2 Å². The molecule has 0 radical (unpaired) electrons. The molecule has 0 bridgehead atoms. The molecule has 0 amide bonds. The van der Waals surface area contributed by atoms with Crippen LogP contribution < -0.4 is 0 Å². The molecule has 0 atom stereocenters. The van der Waals surface area contributed by atoms with Gasteiger partial charge in [0, 0.05) is 0 Å². The first-order valence-electron chi connectivity index (χ1n) is 4.78. The normalized spacial score (nSPS) is 19.3. The fourth-order valence-corrected chi connectivity index (χ4v) is 1.49. The van der Waals surface area contributed by atoms with Crippen molar-refractivity contribution in [2.75, 3.05) is 7.11 Å². The number of hydrogen-bond donors (Lipinski definition) is 0. The highest BCUT2D eigenvalue weighted by Crippen LogP contribution is 2.31. The lowest BCUT2D eigenvalue weighted by Gasteiger charge is -2.24. The molecule has 15 heavy (non-hydrogen) atoms. The van der Waals surface area contributed by atoms with Crippen LogP contribution in [0.15, 0.2) is 35.2 Å². The van der Waals surface area contributed by atoms with Gasteiger partial charge in [-0.3, -0.25) is 0 Å². The van der Waals surface area contributed by atoms with Gasteiger partial charge in [0.1, 0.15) is 0 Å². The van der Waals surface area contributed by atoms with Crippen molar-refractivity contribution in [1.82, 2.24) is 0 Å². The van der Waals surface area contributed by atoms with Gasteiger partial charge in [0.25, 0.3) is 0 Å². The number of carbonyl (C=O) groups excluding carboxylic acids is 1. The molecule has 0 aromatic rings. The number of carbonyl (C=O) groups is 1. The van der Waals surface area contributed by atoms with Crippen LogP contribution >= 0.6 is 0 Å². The molecular formula is C11H12O4. The molecule has 2 aliphatic rings. The predicted octanol–water partition coefficient (Wildman–Crippen LogP) is 2.00. The summed E-state index contributed by atoms with van der Waals surface area (Å²) in [6.45, 7) is 1.68. The third-order valence-electron chi connectivity index (χ3n) is 2.23. The summed E-state index contributed by atoms with van der Waals surface area (Å²) in [4.78, 5) is 11.3. The highest BCUT2D eigenvalue weighted by molar-refractivity contribution is 5.87. The Balaban J connectivity index is 2.31. The molecule has 0 aromatic carbocycles. The van der Waals surface area contributed by atoms with Gasteiger partial charge < -0.3 is 14.2 Å². The molecule has 1 aliphatic carbocycles. The maximum absolute atomic E-state index is 11.3. The molecule has 1 heterocycles. The van der Waals surface area contributed by atoms with Gasteiger partial charge in [-0.2, -0.15) is 0 Å². The number of ether oxygens (including phenoxy) is 3. The Hall–Kier alpha value is -1.71. The fraction of sp³-hybridized carbons (Fsp3) is 0.364. The van der Waals surface area contributed by atoms with E-state index in [0.29, 0.717) is 17.3 Å². The number of esters is 1. The van der Waals surface area contributed by atoms with Crippen LogP contribution in [0.4, 0.5) is 0 Å². The zero-order chi connectivity index (χ0) is 10.8. The van der Waals surface area contributed by atoms with Gasteiger partial charge in [-0.15, -0.1) is 0 Å². The Bertz CT molecular complexity index is 387. The zero-order valence-corrected chi connectivity index (χ0v) is 8.70. The second-order valence-electron chi connectivity index (χ2n) is 3.30. The van der Waals surface area contributed by atoms with Gasteiger partial charge in [-0.1, -0.05) is 0 Å². The molecule has 0 unspecified atom stereocenters. The van der Waals surface area contributed by atoms with Gasteiger partial charge in [-0.05, 0) is 31.9 Å². The van der Waals surface area contributed by atoms with E-state index in [-0.39, 0.29) is 5.76 Å². The van der Waals surface area contributed by atoms with Crippen LogP contribution in [0.1, 0.15) is 19.8 Å². The lowest BCUT2D eigenvalue weighted by Crippen LogP contribution is -2.18. The molecule has 0 N–H and O–H groups in total. The average Bonchev–Trinajstić information content (AvgIpc) is 2.27. The topological polar surface area (TPSA) is 44.8 Å². The van der Waals surface area contributed by atoms with E-state index in [1.165, 1.54) is 7.11 Å². The van der Waals surface area contributed by atoms with E-state index in [9.17, 15) is 4.79 Å². The molecule has 1 aliphatic heterocycles. The summed E-state index contributed by atoms with van der Waals surface area (Å²) in [6.07, 6.45) is 5.69. The number of allylic oxidation sites excluding steroid dienone is 3. The first kappa shape index (κ1) is 9.83. The van der Waals surface area contributed by atoms with Gasteiger partial charge in [0.2, 0.25) is 5.76 Å². The van der Waals surface area contributed by atoms with E-state index >= 15 is 0 Å². The lowest BCUT2D eigenvalue weighted by atomic mass is 10.1. The first-order valence-corrected chi connectivity index (χ1v) is 4.78. The molecular weight excluding hydrogens is 196 g/mol. The van der Waals surface area contributed by atoms with Crippen molar-refractivity contribution < 1.29 is 19.0 Å². The van der Waals surface area contributed by atoms with Crippen molar-refractivity contribution in [2.45, 2.75) is 19.8 Å². The maximum atomic E-state index is 11.3. The van der Waals surface area contributed by atoms with Gasteiger partial charge in [0.15, 0.2) is 17.3 Å². The largest absolute Gasteiger partial charge is 0.463 e. The van der Waals surface area contributed by atoms with Crippen molar-refractivity contribution in [2.24, 2.45) is 0 Å². The molecule has 0 aromatic heterocycles. The average molecular weight is 208 g/mol. The predicted molar refractivity (Wildman–Crippen MR) is 52.3 cm³/mol. The molecule has 80 valence electrons. The van der Waals surface area contributed by atoms with E-state index in [1.54, 1.807) is 6.92 Å². The number of hydrogen-bond acceptors (Lipinski definition) is 4. The smallest absolute Gasteiger partial charge is 0.377 e. The Morgan fingerprint density at radius 3 is 2.47 bits per heavy atom. The van der Waals surface area contributed by atoms with Crippen molar-refractivity contribution in [3.05, 3.63) is 35.2 Å². The third kappa shape index (κ3) is 1.75. The summed E-state index contributed by atoms with van der Waals surface area (Å²) >= 11 is 0. The Morgan fingerprint density at radius 1 is 1.27 bits per heavy atom. The monoisotopic (exact) mass is 208 g/mol. The van der Waals surface area contributed by atoms with Gasteiger partial charge >= 0.3 is 5.97 Å². The number of rotatable bonds is 1. The second-order valence-corrected chi connectivity index (χ2v) is 3.30. The van der Waals surface area contributed by atoms with Crippen LogP contribution in [0.5, 0.6) is 0 Å². The SMILES string of the molecule is COC(=O)C1=C(C)OC2=CCCC=C2O1. The summed E-state index contributed by atoms with van der Waals surface area (Å²) in [5, 5.41) is 0. The van der Waals surface area contributed by atoms with E-state index in [4.69, 9.17) is 9.47 Å². The van der Waals surface area contributed by atoms with Crippen LogP contribution in [0.2, 0.25) is 0 Å². The van der Waals surface area contributed by atoms with Crippen LogP contribution in [0, 0.1) is 0 Å². The summed E-state index contributed by atoms with van der Waals surface area (Å²) in [5.74, 6) is 1.34. The summed E-state index contributed by atoms with van der Waals surface area (Å²) in [7, 11) is 1.31. The van der Waals surface area contributed by atoms with Crippen LogP contribution in [0.3, 0.4) is 0 Å². The molecule has 0 spiro atoms. The highest BCUT2D eigenvalue weighted by atomic mass is 16.6. The van der Waals surface area contributed by atoms with Gasteiger partial charge in [0.05, 0.1) is 7.11 Å². The van der Waals surface area contributed by atoms with Crippen LogP contribution in [0.25, 0.3) is 0 Å². The maximum Gasteiger partial charge on any atom is 0.377 e. The second kappa shape index (κ2) is 3.81. The van der Waals surface area contributed by atoms with E-state index in [0.717, 1.165) is 12.8 Å². The fourth-order valence-electron chi connectivity index (χ4n) is 1.49. The molecule has 4 nitrogen and oxygen atoms in total. The van der Waals surface area contributed by atoms with Crippen molar-refractivity contribution in [3.8, 4) is 0 Å². The minimum absolute atomic E-state index is 0.128. The summed E-state index contributed by atoms with van der Waals surface area (Å²) < 4.78 is 15.5. The minimum Gasteiger partial charge on any atom is -0.463 e. The Kier molecular flexibility index (Phi) is 2.49. The minimum atomic E-state index is -0.516. The van der Waals surface area contributed by atoms with Crippen molar-refractivity contribution in [1.29, 1.82) is 0 Å². The van der Waals surface area contributed by atoms with E-state index in [2.05, 4.69) is 4.74 Å². The van der Waals surface area contributed by atoms with Crippen LogP contribution in [-0.2, 0) is 19.0 Å². The Labute approximate surface area is 87.8 Å². The lowest BCUT2D eigenvalue weighted by molar-refractivity contribution is -0.140. The molecule has 4 heteroatoms. The zero-order valence-electron chi connectivity index (χ0n) is 8.70. The quantitative estimate of drug-likeness (QED) is 0.618.